The van der Waals surface area contributed by atoms with Crippen LogP contribution in [0.5, 0.6) is 0 Å². The smallest absolute Gasteiger partial charge is 0.151 e. The fourth-order valence-corrected chi connectivity index (χ4v) is 3.47. The summed E-state index contributed by atoms with van der Waals surface area (Å²) in [6.07, 6.45) is 0.807. The van der Waals surface area contributed by atoms with Crippen molar-refractivity contribution in [3.8, 4) is 6.07 Å². The Morgan fingerprint density at radius 3 is 2.56 bits per heavy atom. The zero-order valence-electron chi connectivity index (χ0n) is 15.7. The first-order valence-electron chi connectivity index (χ1n) is 9.17. The number of fused-ring (bicyclic) bond motifs is 1. The lowest BCUT2D eigenvalue weighted by atomic mass is 10.1. The molecule has 0 atom stereocenters. The van der Waals surface area contributed by atoms with Crippen LogP contribution < -0.4 is 14.7 Å². The van der Waals surface area contributed by atoms with Crippen LogP contribution in [-0.4, -0.2) is 62.1 Å². The third-order valence-electron chi connectivity index (χ3n) is 5.03. The number of piperazine rings is 1. The van der Waals surface area contributed by atoms with Gasteiger partial charge in [-0.2, -0.15) is 5.26 Å². The molecule has 1 saturated heterocycles. The van der Waals surface area contributed by atoms with Crippen molar-refractivity contribution in [2.24, 2.45) is 0 Å². The molecule has 8 nitrogen and oxygen atoms in total. The van der Waals surface area contributed by atoms with Crippen molar-refractivity contribution in [3.63, 3.8) is 0 Å². The molecule has 140 valence electrons. The molecule has 0 radical (unpaired) electrons. The number of nitriles is 1. The first kappa shape index (κ1) is 17.5. The van der Waals surface area contributed by atoms with E-state index in [4.69, 9.17) is 9.72 Å². The summed E-state index contributed by atoms with van der Waals surface area (Å²) in [6, 6.07) is 8.23. The molecule has 0 amide bonds. The van der Waals surface area contributed by atoms with Crippen LogP contribution in [0.4, 0.5) is 17.5 Å². The topological polar surface area (TPSA) is 81.4 Å². The van der Waals surface area contributed by atoms with Gasteiger partial charge in [-0.05, 0) is 18.2 Å². The lowest BCUT2D eigenvalue weighted by Gasteiger charge is -2.36. The van der Waals surface area contributed by atoms with Gasteiger partial charge < -0.3 is 19.4 Å². The number of ether oxygens (including phenoxy) is 1. The van der Waals surface area contributed by atoms with Crippen molar-refractivity contribution < 1.29 is 4.74 Å². The summed E-state index contributed by atoms with van der Waals surface area (Å²) in [6.45, 7) is 4.49. The monoisotopic (exact) mass is 365 g/mol. The van der Waals surface area contributed by atoms with Crippen LogP contribution in [0.1, 0.15) is 16.8 Å². The summed E-state index contributed by atoms with van der Waals surface area (Å²) in [5.74, 6) is 2.53. The van der Waals surface area contributed by atoms with Crippen LogP contribution in [0, 0.1) is 11.3 Å². The van der Waals surface area contributed by atoms with Crippen LogP contribution in [0.15, 0.2) is 18.2 Å². The van der Waals surface area contributed by atoms with E-state index >= 15 is 0 Å². The third kappa shape index (κ3) is 3.51. The van der Waals surface area contributed by atoms with Crippen LogP contribution in [-0.2, 0) is 17.8 Å². The van der Waals surface area contributed by atoms with Gasteiger partial charge in [0.15, 0.2) is 11.6 Å². The minimum atomic E-state index is 0.548. The molecule has 2 aromatic heterocycles. The zero-order valence-corrected chi connectivity index (χ0v) is 15.7. The molecular formula is C19H23N7O. The second-order valence-corrected chi connectivity index (χ2v) is 7.00. The number of aromatic nitrogens is 3. The van der Waals surface area contributed by atoms with Gasteiger partial charge in [-0.25, -0.2) is 4.98 Å². The van der Waals surface area contributed by atoms with Gasteiger partial charge in [0.1, 0.15) is 11.9 Å². The van der Waals surface area contributed by atoms with Crippen molar-refractivity contribution in [1.82, 2.24) is 15.2 Å². The molecule has 1 fully saturated rings. The molecule has 0 spiro atoms. The molecule has 8 heteroatoms. The van der Waals surface area contributed by atoms with Gasteiger partial charge in [0.25, 0.3) is 0 Å². The fourth-order valence-electron chi connectivity index (χ4n) is 3.47. The second kappa shape index (κ2) is 7.37. The average Bonchev–Trinajstić information content (AvgIpc) is 2.73. The summed E-state index contributed by atoms with van der Waals surface area (Å²) in [5.41, 5.74) is 2.72. The Morgan fingerprint density at radius 2 is 1.89 bits per heavy atom. The summed E-state index contributed by atoms with van der Waals surface area (Å²) < 4.78 is 5.48. The minimum Gasteiger partial charge on any atom is -0.376 e. The molecule has 4 rings (SSSR count). The molecule has 0 bridgehead atoms. The Balaban J connectivity index is 1.48. The quantitative estimate of drug-likeness (QED) is 0.803. The van der Waals surface area contributed by atoms with Gasteiger partial charge in [-0.1, -0.05) is 0 Å². The Labute approximate surface area is 159 Å². The van der Waals surface area contributed by atoms with Gasteiger partial charge in [0, 0.05) is 52.3 Å². The van der Waals surface area contributed by atoms with Crippen LogP contribution >= 0.6 is 0 Å². The van der Waals surface area contributed by atoms with Crippen molar-refractivity contribution in [2.45, 2.75) is 13.0 Å². The Bertz CT molecular complexity index is 852. The highest BCUT2D eigenvalue weighted by Gasteiger charge is 2.24. The van der Waals surface area contributed by atoms with Crippen molar-refractivity contribution in [3.05, 3.63) is 35.0 Å². The summed E-state index contributed by atoms with van der Waals surface area (Å²) in [4.78, 5) is 11.2. The number of hydrogen-bond donors (Lipinski definition) is 0. The van der Waals surface area contributed by atoms with E-state index in [0.29, 0.717) is 18.8 Å². The highest BCUT2D eigenvalue weighted by molar-refractivity contribution is 5.57. The van der Waals surface area contributed by atoms with Crippen LogP contribution in [0.3, 0.4) is 0 Å². The van der Waals surface area contributed by atoms with E-state index < -0.39 is 0 Å². The number of pyridine rings is 1. The Hall–Kier alpha value is -2.92. The van der Waals surface area contributed by atoms with E-state index in [-0.39, 0.29) is 0 Å². The van der Waals surface area contributed by atoms with Gasteiger partial charge in [0.2, 0.25) is 0 Å². The van der Waals surface area contributed by atoms with Crippen molar-refractivity contribution in [2.75, 3.05) is 61.6 Å². The molecule has 2 aliphatic rings. The predicted octanol–water partition coefficient (Wildman–Crippen LogP) is 1.21. The summed E-state index contributed by atoms with van der Waals surface area (Å²) >= 11 is 0. The number of rotatable bonds is 3. The SMILES string of the molecule is CN(C)c1ccc(N2CCN(c3nc4c(cc3C#N)COCC4)CC2)nn1. The van der Waals surface area contributed by atoms with Gasteiger partial charge in [-0.3, -0.25) is 0 Å². The van der Waals surface area contributed by atoms with E-state index in [1.807, 2.05) is 37.2 Å². The van der Waals surface area contributed by atoms with Crippen LogP contribution in [0.25, 0.3) is 0 Å². The molecule has 0 N–H and O–H groups in total. The van der Waals surface area contributed by atoms with Crippen molar-refractivity contribution in [1.29, 1.82) is 5.26 Å². The first-order valence-corrected chi connectivity index (χ1v) is 9.17. The van der Waals surface area contributed by atoms with E-state index in [0.717, 1.165) is 61.3 Å². The van der Waals surface area contributed by atoms with E-state index in [1.54, 1.807) is 0 Å². The average molecular weight is 365 g/mol. The largest absolute Gasteiger partial charge is 0.376 e. The fraction of sp³-hybridized carbons (Fsp3) is 0.474. The first-order chi connectivity index (χ1) is 13.2. The number of hydrogen-bond acceptors (Lipinski definition) is 8. The molecule has 0 aliphatic carbocycles. The van der Waals surface area contributed by atoms with E-state index in [1.165, 1.54) is 0 Å². The summed E-state index contributed by atoms with van der Waals surface area (Å²) in [7, 11) is 3.90. The van der Waals surface area contributed by atoms with Gasteiger partial charge in [-0.15, -0.1) is 10.2 Å². The van der Waals surface area contributed by atoms with Gasteiger partial charge in [0.05, 0.1) is 24.5 Å². The Morgan fingerprint density at radius 1 is 1.11 bits per heavy atom. The highest BCUT2D eigenvalue weighted by atomic mass is 16.5. The maximum Gasteiger partial charge on any atom is 0.151 e. The Kier molecular flexibility index (Phi) is 4.77. The lowest BCUT2D eigenvalue weighted by molar-refractivity contribution is 0.109. The lowest BCUT2D eigenvalue weighted by Crippen LogP contribution is -2.47. The second-order valence-electron chi connectivity index (χ2n) is 7.00. The maximum absolute atomic E-state index is 9.56. The molecule has 2 aliphatic heterocycles. The number of anilines is 3. The normalized spacial score (nSPS) is 16.6. The van der Waals surface area contributed by atoms with E-state index in [2.05, 4.69) is 26.1 Å². The minimum absolute atomic E-state index is 0.548. The predicted molar refractivity (Wildman–Crippen MR) is 103 cm³/mol. The molecule has 0 saturated carbocycles. The van der Waals surface area contributed by atoms with Crippen LogP contribution in [0.2, 0.25) is 0 Å². The molecule has 0 unspecified atom stereocenters. The maximum atomic E-state index is 9.56. The van der Waals surface area contributed by atoms with Crippen molar-refractivity contribution >= 4 is 17.5 Å². The third-order valence-corrected chi connectivity index (χ3v) is 5.03. The van der Waals surface area contributed by atoms with Gasteiger partial charge >= 0.3 is 0 Å². The summed E-state index contributed by atoms with van der Waals surface area (Å²) in [5, 5.41) is 18.2. The molecule has 27 heavy (non-hydrogen) atoms. The van der Waals surface area contributed by atoms with E-state index in [9.17, 15) is 5.26 Å². The standard InChI is InChI=1S/C19H23N7O/c1-24(2)17-3-4-18(23-22-17)25-6-8-26(9-7-25)19-14(12-20)11-15-13-27-10-5-16(15)21-19/h3-4,11H,5-10,13H2,1-2H3. The zero-order chi connectivity index (χ0) is 18.8. The highest BCUT2D eigenvalue weighted by Crippen LogP contribution is 2.26. The number of nitrogens with zero attached hydrogens (tertiary/aromatic N) is 7. The molecule has 4 heterocycles. The molecule has 2 aromatic rings. The molecule has 0 aromatic carbocycles. The molecular weight excluding hydrogens is 342 g/mol.